The van der Waals surface area contributed by atoms with Crippen LogP contribution in [0.5, 0.6) is 5.75 Å². The fraction of sp³-hybridized carbons (Fsp3) is 0.488. The van der Waals surface area contributed by atoms with Crippen molar-refractivity contribution < 1.29 is 28.7 Å². The summed E-state index contributed by atoms with van der Waals surface area (Å²) in [6.45, 7) is 14.2. The molecule has 1 aromatic heterocycles. The van der Waals surface area contributed by atoms with E-state index in [2.05, 4.69) is 69.1 Å². The van der Waals surface area contributed by atoms with Gasteiger partial charge >= 0.3 is 0 Å². The fourth-order valence-electron chi connectivity index (χ4n) is 9.96. The summed E-state index contributed by atoms with van der Waals surface area (Å²) in [4.78, 5) is 81.0. The zero-order valence-electron chi connectivity index (χ0n) is 33.7. The number of carbonyl (C=O) groups is 5. The highest BCUT2D eigenvalue weighted by molar-refractivity contribution is 6.31. The van der Waals surface area contributed by atoms with E-state index >= 15 is 0 Å². The van der Waals surface area contributed by atoms with Crippen molar-refractivity contribution >= 4 is 52.6 Å². The van der Waals surface area contributed by atoms with E-state index in [4.69, 9.17) is 16.3 Å². The highest BCUT2D eigenvalue weighted by atomic mass is 35.5. The number of nitriles is 1. The van der Waals surface area contributed by atoms with Gasteiger partial charge in [0.25, 0.3) is 17.7 Å². The Hall–Kier alpha value is -5.59. The van der Waals surface area contributed by atoms with Crippen LogP contribution >= 0.6 is 11.6 Å². The number of aromatic nitrogens is 2. The van der Waals surface area contributed by atoms with Crippen molar-refractivity contribution in [2.45, 2.75) is 71.6 Å². The van der Waals surface area contributed by atoms with E-state index < -0.39 is 40.5 Å². The van der Waals surface area contributed by atoms with Crippen molar-refractivity contribution in [3.05, 3.63) is 76.2 Å². The lowest BCUT2D eigenvalue weighted by Gasteiger charge is -2.63. The molecule has 16 heteroatoms. The monoisotopic (exact) mass is 821 g/mol. The quantitative estimate of drug-likeness (QED) is 0.296. The molecule has 0 radical (unpaired) electrons. The Labute approximate surface area is 348 Å². The first-order chi connectivity index (χ1) is 28.1. The zero-order chi connectivity index (χ0) is 41.8. The zero-order valence-corrected chi connectivity index (χ0v) is 34.4. The van der Waals surface area contributed by atoms with Crippen LogP contribution in [0.4, 0.5) is 11.5 Å². The molecule has 1 aliphatic carbocycles. The largest absolute Gasteiger partial charge is 0.489 e. The highest BCUT2D eigenvalue weighted by Gasteiger charge is 2.64. The second-order valence-corrected chi connectivity index (χ2v) is 17.9. The van der Waals surface area contributed by atoms with Crippen molar-refractivity contribution in [2.75, 3.05) is 55.6 Å². The molecule has 8 rings (SSSR count). The lowest BCUT2D eigenvalue weighted by atomic mass is 9.49. The third-order valence-corrected chi connectivity index (χ3v) is 13.2. The molecule has 308 valence electrons. The van der Waals surface area contributed by atoms with Gasteiger partial charge in [-0.3, -0.25) is 39.1 Å². The van der Waals surface area contributed by atoms with E-state index in [0.29, 0.717) is 27.8 Å². The summed E-state index contributed by atoms with van der Waals surface area (Å²) >= 11 is 6.24. The summed E-state index contributed by atoms with van der Waals surface area (Å²) < 4.78 is 6.35. The lowest BCUT2D eigenvalue weighted by Crippen LogP contribution is -2.74. The number of piperidine rings is 2. The molecule has 4 aliphatic heterocycles. The molecular weight excluding hydrogens is 774 g/mol. The van der Waals surface area contributed by atoms with Gasteiger partial charge in [0, 0.05) is 80.9 Å². The molecular formula is C43H48ClN9O6. The van der Waals surface area contributed by atoms with Crippen LogP contribution in [0, 0.1) is 28.1 Å². The van der Waals surface area contributed by atoms with Crippen molar-refractivity contribution in [2.24, 2.45) is 16.7 Å². The Morgan fingerprint density at radius 3 is 2.25 bits per heavy atom. The number of hydrogen-bond acceptors (Lipinski definition) is 12. The molecule has 3 aromatic rings. The van der Waals surface area contributed by atoms with Gasteiger partial charge in [0.05, 0.1) is 34.1 Å². The number of nitrogens with one attached hydrogen (secondary N) is 2. The molecule has 1 unspecified atom stereocenters. The molecule has 2 N–H and O–H groups in total. The maximum atomic E-state index is 13.4. The number of anilines is 2. The van der Waals surface area contributed by atoms with Crippen LogP contribution in [0.25, 0.3) is 0 Å². The number of hydrogen-bond donors (Lipinski definition) is 2. The number of piperazine rings is 1. The van der Waals surface area contributed by atoms with Gasteiger partial charge in [-0.15, -0.1) is 0 Å². The summed E-state index contributed by atoms with van der Waals surface area (Å²) in [5.74, 6) is -0.430. The minimum absolute atomic E-state index is 0.0849. The van der Waals surface area contributed by atoms with E-state index in [1.54, 1.807) is 42.7 Å². The standard InChI is InChI=1S/C43H48ClN9O6/c1-42(2)40(43(3,4)41(42)59-28-7-5-26(21-45)31(44)20-28)49-36(55)32-22-47-34(23-46-32)52-13-11-25(12-14-52)24-50-15-17-51(18-16-50)27-6-8-29-30(19-27)39(58)53(38(29)57)33-9-10-35(54)48-37(33)56/h5-8,19-20,22-23,25,33,40-41H,9-18,24H2,1-4H3,(H,49,55)(H,48,54,56)/t33?,40-,41-. The fourth-order valence-corrected chi connectivity index (χ4v) is 10.2. The molecule has 1 atom stereocenters. The Kier molecular flexibility index (Phi) is 10.6. The van der Waals surface area contributed by atoms with Crippen molar-refractivity contribution in [3.8, 4) is 11.8 Å². The van der Waals surface area contributed by atoms with E-state index in [1.807, 2.05) is 6.07 Å². The number of rotatable bonds is 9. The van der Waals surface area contributed by atoms with Gasteiger partial charge in [0.2, 0.25) is 11.8 Å². The average Bonchev–Trinajstić information content (AvgIpc) is 3.47. The van der Waals surface area contributed by atoms with Gasteiger partial charge in [-0.05, 0) is 55.5 Å². The van der Waals surface area contributed by atoms with Crippen LogP contribution in [-0.2, 0) is 9.59 Å². The molecule has 3 saturated heterocycles. The van der Waals surface area contributed by atoms with Gasteiger partial charge in [0.1, 0.15) is 35.5 Å². The second kappa shape index (κ2) is 15.5. The van der Waals surface area contributed by atoms with E-state index in [0.717, 1.165) is 75.1 Å². The van der Waals surface area contributed by atoms with Crippen LogP contribution in [0.1, 0.15) is 90.1 Å². The van der Waals surface area contributed by atoms with Crippen LogP contribution in [0.3, 0.4) is 0 Å². The topological polar surface area (TPSA) is 181 Å². The maximum absolute atomic E-state index is 13.4. The van der Waals surface area contributed by atoms with E-state index in [-0.39, 0.29) is 42.2 Å². The normalized spacial score (nSPS) is 24.3. The van der Waals surface area contributed by atoms with Crippen LogP contribution in [0.2, 0.25) is 5.02 Å². The molecule has 4 fully saturated rings. The summed E-state index contributed by atoms with van der Waals surface area (Å²) in [5, 5.41) is 15.0. The third kappa shape index (κ3) is 7.48. The van der Waals surface area contributed by atoms with Gasteiger partial charge in [-0.2, -0.15) is 5.26 Å². The van der Waals surface area contributed by atoms with Gasteiger partial charge in [0.15, 0.2) is 0 Å². The number of benzene rings is 2. The molecule has 5 aliphatic rings. The maximum Gasteiger partial charge on any atom is 0.271 e. The molecule has 5 amide bonds. The average molecular weight is 822 g/mol. The third-order valence-electron chi connectivity index (χ3n) is 12.9. The number of ether oxygens (including phenoxy) is 1. The van der Waals surface area contributed by atoms with Gasteiger partial charge in [-0.1, -0.05) is 39.3 Å². The minimum Gasteiger partial charge on any atom is -0.489 e. The highest BCUT2D eigenvalue weighted by Crippen LogP contribution is 2.55. The number of imide groups is 2. The molecule has 15 nitrogen and oxygen atoms in total. The summed E-state index contributed by atoms with van der Waals surface area (Å²) in [7, 11) is 0. The lowest BCUT2D eigenvalue weighted by molar-refractivity contribution is -0.164. The number of fused-ring (bicyclic) bond motifs is 1. The Bertz CT molecular complexity index is 2230. The molecule has 2 aromatic carbocycles. The van der Waals surface area contributed by atoms with Crippen LogP contribution < -0.4 is 25.2 Å². The number of nitrogens with zero attached hydrogens (tertiary/aromatic N) is 7. The van der Waals surface area contributed by atoms with Crippen molar-refractivity contribution in [1.82, 2.24) is 30.4 Å². The summed E-state index contributed by atoms with van der Waals surface area (Å²) in [6, 6.07) is 11.2. The summed E-state index contributed by atoms with van der Waals surface area (Å²) in [5.41, 5.74) is 1.29. The Morgan fingerprint density at radius 1 is 0.898 bits per heavy atom. The molecule has 1 saturated carbocycles. The predicted molar refractivity (Wildman–Crippen MR) is 218 cm³/mol. The molecule has 5 heterocycles. The van der Waals surface area contributed by atoms with Gasteiger partial charge < -0.3 is 19.9 Å². The molecule has 0 bridgehead atoms. The minimum atomic E-state index is -0.981. The SMILES string of the molecule is CC1(C)[C@H](NC(=O)c2cnc(N3CCC(CN4CCN(c5ccc6c(c5)C(=O)N(C5CCC(=O)NC5=O)C6=O)CC4)CC3)cn2)C(C)(C)[C@H]1Oc1ccc(C#N)c(Cl)c1. The Morgan fingerprint density at radius 2 is 1.61 bits per heavy atom. The number of carbonyl (C=O) groups excluding carboxylic acids is 5. The van der Waals surface area contributed by atoms with E-state index in [9.17, 15) is 29.2 Å². The molecule has 59 heavy (non-hydrogen) atoms. The van der Waals surface area contributed by atoms with Gasteiger partial charge in [-0.25, -0.2) is 9.97 Å². The van der Waals surface area contributed by atoms with Crippen LogP contribution in [-0.4, -0.2) is 113 Å². The number of amides is 5. The van der Waals surface area contributed by atoms with Crippen molar-refractivity contribution in [1.29, 1.82) is 5.26 Å². The smallest absolute Gasteiger partial charge is 0.271 e. The van der Waals surface area contributed by atoms with E-state index in [1.165, 1.54) is 0 Å². The second-order valence-electron chi connectivity index (χ2n) is 17.5. The molecule has 0 spiro atoms. The summed E-state index contributed by atoms with van der Waals surface area (Å²) in [6.07, 6.45) is 5.25. The predicted octanol–water partition coefficient (Wildman–Crippen LogP) is 4.05. The van der Waals surface area contributed by atoms with Crippen LogP contribution in [0.15, 0.2) is 48.8 Å². The van der Waals surface area contributed by atoms with Crippen molar-refractivity contribution in [3.63, 3.8) is 0 Å². The Balaban J connectivity index is 0.789. The first kappa shape index (κ1) is 40.2. The first-order valence-electron chi connectivity index (χ1n) is 20.2. The first-order valence-corrected chi connectivity index (χ1v) is 20.6. The number of halogens is 1.